The van der Waals surface area contributed by atoms with Crippen LogP contribution in [0.3, 0.4) is 0 Å². The molecule has 1 aromatic rings. The monoisotopic (exact) mass is 164 g/mol. The van der Waals surface area contributed by atoms with Crippen molar-refractivity contribution >= 4 is 0 Å². The quantitative estimate of drug-likeness (QED) is 0.573. The zero-order chi connectivity index (χ0) is 8.93. The Morgan fingerprint density at radius 3 is 2.75 bits per heavy atom. The van der Waals surface area contributed by atoms with Crippen molar-refractivity contribution < 1.29 is 4.42 Å². The second-order valence-corrected chi connectivity index (χ2v) is 4.65. The van der Waals surface area contributed by atoms with Gasteiger partial charge in [0.1, 0.15) is 5.76 Å². The van der Waals surface area contributed by atoms with Crippen LogP contribution in [0.1, 0.15) is 50.0 Å². The molecular weight excluding hydrogens is 148 g/mol. The van der Waals surface area contributed by atoms with Crippen molar-refractivity contribution in [1.82, 2.24) is 0 Å². The number of furan rings is 1. The van der Waals surface area contributed by atoms with E-state index >= 15 is 0 Å². The lowest BCUT2D eigenvalue weighted by molar-refractivity contribution is 0.446. The molecule has 0 amide bonds. The maximum Gasteiger partial charge on any atom is 0.110 e. The van der Waals surface area contributed by atoms with E-state index in [1.165, 1.54) is 23.3 Å². The van der Waals surface area contributed by atoms with E-state index in [4.69, 9.17) is 4.42 Å². The first-order valence-electron chi connectivity index (χ1n) is 4.61. The molecule has 0 N–H and O–H groups in total. The highest BCUT2D eigenvalue weighted by Crippen LogP contribution is 2.47. The van der Waals surface area contributed by atoms with Gasteiger partial charge >= 0.3 is 0 Å². The highest BCUT2D eigenvalue weighted by atomic mass is 16.3. The van der Waals surface area contributed by atoms with Crippen LogP contribution >= 0.6 is 0 Å². The van der Waals surface area contributed by atoms with Crippen molar-refractivity contribution in [3.05, 3.63) is 23.2 Å². The summed E-state index contributed by atoms with van der Waals surface area (Å²) in [7, 11) is 0. The van der Waals surface area contributed by atoms with E-state index in [0.717, 1.165) is 0 Å². The van der Waals surface area contributed by atoms with E-state index < -0.39 is 0 Å². The maximum atomic E-state index is 5.55. The number of rotatable bonds is 0. The van der Waals surface area contributed by atoms with Gasteiger partial charge in [0.15, 0.2) is 0 Å². The van der Waals surface area contributed by atoms with Crippen LogP contribution < -0.4 is 0 Å². The molecule has 1 nitrogen and oxygen atoms in total. The van der Waals surface area contributed by atoms with Gasteiger partial charge in [-0.3, -0.25) is 0 Å². The van der Waals surface area contributed by atoms with E-state index in [0.29, 0.717) is 11.3 Å². The molecule has 1 heteroatoms. The predicted octanol–water partition coefficient (Wildman–Crippen LogP) is 3.37. The second-order valence-electron chi connectivity index (χ2n) is 4.65. The number of hydrogen-bond acceptors (Lipinski definition) is 1. The van der Waals surface area contributed by atoms with Crippen LogP contribution in [0.4, 0.5) is 0 Å². The minimum Gasteiger partial charge on any atom is -0.468 e. The van der Waals surface area contributed by atoms with Gasteiger partial charge in [0.05, 0.1) is 6.26 Å². The lowest BCUT2D eigenvalue weighted by Gasteiger charge is -2.18. The van der Waals surface area contributed by atoms with Crippen LogP contribution in [0.15, 0.2) is 10.7 Å². The van der Waals surface area contributed by atoms with E-state index in [-0.39, 0.29) is 0 Å². The molecular formula is C11H16O. The third kappa shape index (κ3) is 0.855. The molecule has 1 aliphatic carbocycles. The van der Waals surface area contributed by atoms with Crippen LogP contribution in [-0.4, -0.2) is 0 Å². The fourth-order valence-electron chi connectivity index (χ4n) is 2.65. The van der Waals surface area contributed by atoms with Gasteiger partial charge in [-0.2, -0.15) is 0 Å². The topological polar surface area (TPSA) is 13.1 Å². The van der Waals surface area contributed by atoms with Crippen molar-refractivity contribution in [2.75, 3.05) is 0 Å². The summed E-state index contributed by atoms with van der Waals surface area (Å²) in [4.78, 5) is 0. The zero-order valence-corrected chi connectivity index (χ0v) is 8.27. The molecule has 2 rings (SSSR count). The van der Waals surface area contributed by atoms with Crippen molar-refractivity contribution in [3.8, 4) is 0 Å². The molecule has 0 saturated heterocycles. The average molecular weight is 164 g/mol. The Morgan fingerprint density at radius 1 is 1.50 bits per heavy atom. The Balaban J connectivity index is 2.61. The Labute approximate surface area is 73.8 Å². The standard InChI is InChI=1S/C11H16O/c1-7-5-11(3,4)9-8(2)6-12-10(7)9/h6-7H,5H2,1-4H3. The first-order chi connectivity index (χ1) is 5.52. The number of hydrogen-bond donors (Lipinski definition) is 0. The van der Waals surface area contributed by atoms with Gasteiger partial charge in [0.2, 0.25) is 0 Å². The number of fused-ring (bicyclic) bond motifs is 1. The van der Waals surface area contributed by atoms with Crippen LogP contribution in [0.5, 0.6) is 0 Å². The molecule has 0 spiro atoms. The highest BCUT2D eigenvalue weighted by molar-refractivity contribution is 5.40. The third-order valence-corrected chi connectivity index (χ3v) is 2.94. The summed E-state index contributed by atoms with van der Waals surface area (Å²) >= 11 is 0. The fourth-order valence-corrected chi connectivity index (χ4v) is 2.65. The van der Waals surface area contributed by atoms with Gasteiger partial charge in [0, 0.05) is 11.5 Å². The van der Waals surface area contributed by atoms with Gasteiger partial charge in [-0.1, -0.05) is 20.8 Å². The Morgan fingerprint density at radius 2 is 2.17 bits per heavy atom. The van der Waals surface area contributed by atoms with E-state index in [1.807, 2.05) is 6.26 Å². The van der Waals surface area contributed by atoms with E-state index in [9.17, 15) is 0 Å². The molecule has 0 bridgehead atoms. The largest absolute Gasteiger partial charge is 0.468 e. The SMILES string of the molecule is Cc1coc2c1C(C)(C)CC2C. The number of aryl methyl sites for hydroxylation is 1. The fraction of sp³-hybridized carbons (Fsp3) is 0.636. The first kappa shape index (κ1) is 7.90. The third-order valence-electron chi connectivity index (χ3n) is 2.94. The Kier molecular flexibility index (Phi) is 1.42. The van der Waals surface area contributed by atoms with Gasteiger partial charge in [-0.15, -0.1) is 0 Å². The molecule has 0 aliphatic heterocycles. The maximum absolute atomic E-state index is 5.55. The lowest BCUT2D eigenvalue weighted by atomic mass is 9.85. The first-order valence-corrected chi connectivity index (χ1v) is 4.61. The minimum absolute atomic E-state index is 0.325. The van der Waals surface area contributed by atoms with Crippen molar-refractivity contribution in [2.24, 2.45) is 0 Å². The van der Waals surface area contributed by atoms with Gasteiger partial charge < -0.3 is 4.42 Å². The van der Waals surface area contributed by atoms with Crippen LogP contribution in [0.2, 0.25) is 0 Å². The summed E-state index contributed by atoms with van der Waals surface area (Å²) in [6, 6.07) is 0. The molecule has 1 atom stereocenters. The molecule has 0 fully saturated rings. The Hall–Kier alpha value is -0.720. The summed E-state index contributed by atoms with van der Waals surface area (Å²) in [5.41, 5.74) is 3.10. The van der Waals surface area contributed by atoms with E-state index in [2.05, 4.69) is 27.7 Å². The molecule has 1 aliphatic rings. The summed E-state index contributed by atoms with van der Waals surface area (Å²) in [6.07, 6.45) is 3.12. The summed E-state index contributed by atoms with van der Waals surface area (Å²) in [5, 5.41) is 0. The Bertz CT molecular complexity index is 307. The summed E-state index contributed by atoms with van der Waals surface area (Å²) in [5.74, 6) is 1.82. The second kappa shape index (κ2) is 2.15. The van der Waals surface area contributed by atoms with Crippen LogP contribution in [0.25, 0.3) is 0 Å². The predicted molar refractivity (Wildman–Crippen MR) is 49.5 cm³/mol. The van der Waals surface area contributed by atoms with Gasteiger partial charge in [-0.25, -0.2) is 0 Å². The summed E-state index contributed by atoms with van der Waals surface area (Å²) in [6.45, 7) is 8.99. The molecule has 12 heavy (non-hydrogen) atoms. The van der Waals surface area contributed by atoms with Crippen molar-refractivity contribution in [3.63, 3.8) is 0 Å². The van der Waals surface area contributed by atoms with Crippen molar-refractivity contribution in [1.29, 1.82) is 0 Å². The summed E-state index contributed by atoms with van der Waals surface area (Å²) < 4.78 is 5.55. The highest BCUT2D eigenvalue weighted by Gasteiger charge is 2.38. The molecule has 0 aromatic carbocycles. The molecule has 1 unspecified atom stereocenters. The smallest absolute Gasteiger partial charge is 0.110 e. The molecule has 1 aromatic heterocycles. The van der Waals surface area contributed by atoms with Crippen LogP contribution in [-0.2, 0) is 5.41 Å². The van der Waals surface area contributed by atoms with Crippen LogP contribution in [0, 0.1) is 6.92 Å². The molecule has 1 heterocycles. The molecule has 0 radical (unpaired) electrons. The van der Waals surface area contributed by atoms with Gasteiger partial charge in [0.25, 0.3) is 0 Å². The van der Waals surface area contributed by atoms with E-state index in [1.54, 1.807) is 0 Å². The minimum atomic E-state index is 0.325. The van der Waals surface area contributed by atoms with Crippen molar-refractivity contribution in [2.45, 2.75) is 45.4 Å². The lowest BCUT2D eigenvalue weighted by Crippen LogP contribution is -2.12. The average Bonchev–Trinajstić information content (AvgIpc) is 2.38. The molecule has 0 saturated carbocycles. The normalized spacial score (nSPS) is 25.8. The molecule has 66 valence electrons. The zero-order valence-electron chi connectivity index (χ0n) is 8.27. The van der Waals surface area contributed by atoms with Gasteiger partial charge in [-0.05, 0) is 24.3 Å².